The molecule has 126 valence electrons. The van der Waals surface area contributed by atoms with Crippen molar-refractivity contribution in [2.75, 3.05) is 0 Å². The van der Waals surface area contributed by atoms with Crippen molar-refractivity contribution in [1.82, 2.24) is 0 Å². The van der Waals surface area contributed by atoms with E-state index in [2.05, 4.69) is 0 Å². The number of hydrogen-bond acceptors (Lipinski definition) is 4. The minimum absolute atomic E-state index is 0.256. The largest absolute Gasteiger partial charge is 0.489 e. The summed E-state index contributed by atoms with van der Waals surface area (Å²) in [5.74, 6) is 0.105. The van der Waals surface area contributed by atoms with E-state index in [9.17, 15) is 4.79 Å². The van der Waals surface area contributed by atoms with Gasteiger partial charge in [0.1, 0.15) is 18.5 Å². The van der Waals surface area contributed by atoms with Crippen LogP contribution in [0, 0.1) is 0 Å². The monoisotopic (exact) mass is 326 g/mol. The first kappa shape index (κ1) is 16.7. The molecule has 0 spiro atoms. The number of benzene rings is 2. The molecule has 0 amide bonds. The lowest BCUT2D eigenvalue weighted by molar-refractivity contribution is -0.150. The van der Waals surface area contributed by atoms with Crippen LogP contribution in [-0.2, 0) is 27.3 Å². The van der Waals surface area contributed by atoms with Crippen LogP contribution in [0.1, 0.15) is 25.0 Å². The van der Waals surface area contributed by atoms with Crippen LogP contribution < -0.4 is 4.74 Å². The molecule has 3 rings (SSSR count). The topological polar surface area (TPSA) is 44.8 Å². The van der Waals surface area contributed by atoms with E-state index in [1.54, 1.807) is 0 Å². The van der Waals surface area contributed by atoms with Gasteiger partial charge in [0.05, 0.1) is 6.10 Å². The molecule has 0 N–H and O–H groups in total. The van der Waals surface area contributed by atoms with E-state index in [1.807, 2.05) is 68.4 Å². The van der Waals surface area contributed by atoms with Crippen LogP contribution >= 0.6 is 0 Å². The van der Waals surface area contributed by atoms with Crippen molar-refractivity contribution in [2.45, 2.75) is 44.9 Å². The van der Waals surface area contributed by atoms with Crippen LogP contribution in [0.4, 0.5) is 0 Å². The van der Waals surface area contributed by atoms with Crippen molar-refractivity contribution in [3.05, 3.63) is 65.7 Å². The number of ether oxygens (including phenoxy) is 3. The molecular formula is C20H22O4. The van der Waals surface area contributed by atoms with Crippen molar-refractivity contribution in [2.24, 2.45) is 0 Å². The lowest BCUT2D eigenvalue weighted by Gasteiger charge is -2.16. The molecule has 0 radical (unpaired) electrons. The Morgan fingerprint density at radius 1 is 1.00 bits per heavy atom. The molecule has 4 nitrogen and oxygen atoms in total. The predicted octanol–water partition coefficient (Wildman–Crippen LogP) is 3.53. The maximum absolute atomic E-state index is 11.1. The number of rotatable bonds is 6. The van der Waals surface area contributed by atoms with Gasteiger partial charge in [-0.1, -0.05) is 42.5 Å². The quantitative estimate of drug-likeness (QED) is 0.762. The Labute approximate surface area is 142 Å². The van der Waals surface area contributed by atoms with Crippen LogP contribution in [0.15, 0.2) is 54.6 Å². The van der Waals surface area contributed by atoms with Gasteiger partial charge in [0, 0.05) is 6.42 Å². The van der Waals surface area contributed by atoms with Gasteiger partial charge in [0.15, 0.2) is 12.1 Å². The van der Waals surface area contributed by atoms with E-state index in [-0.39, 0.29) is 6.10 Å². The molecule has 0 aliphatic carbocycles. The molecule has 24 heavy (non-hydrogen) atoms. The molecule has 0 saturated carbocycles. The van der Waals surface area contributed by atoms with E-state index in [0.29, 0.717) is 13.0 Å². The Hall–Kier alpha value is -2.17. The third kappa shape index (κ3) is 4.22. The second-order valence-corrected chi connectivity index (χ2v) is 6.40. The second-order valence-electron chi connectivity index (χ2n) is 6.40. The lowest BCUT2D eigenvalue weighted by atomic mass is 10.0. The number of carbonyl (C=O) groups is 1. The molecule has 0 aromatic heterocycles. The fourth-order valence-corrected chi connectivity index (χ4v) is 2.83. The molecular weight excluding hydrogens is 304 g/mol. The number of aldehydes is 1. The third-order valence-corrected chi connectivity index (χ3v) is 3.96. The average Bonchev–Trinajstić information content (AvgIpc) is 2.89. The number of carbonyl (C=O) groups excluding carboxylic acids is 1. The zero-order valence-corrected chi connectivity index (χ0v) is 14.0. The van der Waals surface area contributed by atoms with Crippen LogP contribution in [0.25, 0.3) is 0 Å². The maximum atomic E-state index is 11.1. The highest BCUT2D eigenvalue weighted by Crippen LogP contribution is 2.29. The first-order valence-corrected chi connectivity index (χ1v) is 8.12. The second kappa shape index (κ2) is 7.16. The fraction of sp³-hybridized carbons (Fsp3) is 0.350. The summed E-state index contributed by atoms with van der Waals surface area (Å²) >= 11 is 0. The smallest absolute Gasteiger partial charge is 0.164 e. The van der Waals surface area contributed by atoms with Gasteiger partial charge in [0.25, 0.3) is 0 Å². The van der Waals surface area contributed by atoms with Gasteiger partial charge in [-0.15, -0.1) is 0 Å². The zero-order chi connectivity index (χ0) is 17.0. The van der Waals surface area contributed by atoms with Gasteiger partial charge in [-0.3, -0.25) is 0 Å². The molecule has 2 atom stereocenters. The third-order valence-electron chi connectivity index (χ3n) is 3.96. The fourth-order valence-electron chi connectivity index (χ4n) is 2.83. The van der Waals surface area contributed by atoms with Gasteiger partial charge in [-0.2, -0.15) is 0 Å². The van der Waals surface area contributed by atoms with Gasteiger partial charge in [-0.25, -0.2) is 0 Å². The summed E-state index contributed by atoms with van der Waals surface area (Å²) < 4.78 is 17.2. The Morgan fingerprint density at radius 2 is 1.71 bits per heavy atom. The van der Waals surface area contributed by atoms with Crippen molar-refractivity contribution >= 4 is 6.29 Å². The summed E-state index contributed by atoms with van der Waals surface area (Å²) in [4.78, 5) is 11.1. The van der Waals surface area contributed by atoms with E-state index in [1.165, 1.54) is 0 Å². The summed E-state index contributed by atoms with van der Waals surface area (Å²) in [6.07, 6.45) is 0.672. The summed E-state index contributed by atoms with van der Waals surface area (Å²) in [7, 11) is 0. The van der Waals surface area contributed by atoms with Gasteiger partial charge in [-0.05, 0) is 37.1 Å². The Balaban J connectivity index is 1.57. The lowest BCUT2D eigenvalue weighted by Crippen LogP contribution is -2.26. The van der Waals surface area contributed by atoms with Gasteiger partial charge in [0.2, 0.25) is 0 Å². The summed E-state index contributed by atoms with van der Waals surface area (Å²) in [5.41, 5.74) is 2.22. The number of hydrogen-bond donors (Lipinski definition) is 0. The highest BCUT2D eigenvalue weighted by molar-refractivity contribution is 5.58. The minimum atomic E-state index is -0.713. The molecule has 1 unspecified atom stereocenters. The Kier molecular flexibility index (Phi) is 4.97. The highest BCUT2D eigenvalue weighted by atomic mass is 16.8. The van der Waals surface area contributed by atoms with Crippen LogP contribution in [0.2, 0.25) is 0 Å². The summed E-state index contributed by atoms with van der Waals surface area (Å²) in [5, 5.41) is 0. The normalized spacial score (nSPS) is 22.2. The van der Waals surface area contributed by atoms with Crippen LogP contribution in [0.3, 0.4) is 0 Å². The van der Waals surface area contributed by atoms with Crippen molar-refractivity contribution < 1.29 is 19.0 Å². The summed E-state index contributed by atoms with van der Waals surface area (Å²) in [6, 6.07) is 17.9. The SMILES string of the molecule is CC1(C)OC(C=O)[C@H](Cc2ccc(OCc3ccccc3)cc2)O1. The predicted molar refractivity (Wildman–Crippen MR) is 90.8 cm³/mol. The molecule has 1 heterocycles. The van der Waals surface area contributed by atoms with Crippen LogP contribution in [-0.4, -0.2) is 24.3 Å². The molecule has 1 saturated heterocycles. The molecule has 4 heteroatoms. The molecule has 0 bridgehead atoms. The minimum Gasteiger partial charge on any atom is -0.489 e. The highest BCUT2D eigenvalue weighted by Gasteiger charge is 2.40. The van der Waals surface area contributed by atoms with Crippen molar-refractivity contribution in [1.29, 1.82) is 0 Å². The zero-order valence-electron chi connectivity index (χ0n) is 14.0. The van der Waals surface area contributed by atoms with Gasteiger partial charge < -0.3 is 19.0 Å². The van der Waals surface area contributed by atoms with E-state index >= 15 is 0 Å². The van der Waals surface area contributed by atoms with Crippen molar-refractivity contribution in [3.63, 3.8) is 0 Å². The van der Waals surface area contributed by atoms with E-state index in [0.717, 1.165) is 23.2 Å². The molecule has 1 aliphatic heterocycles. The van der Waals surface area contributed by atoms with E-state index < -0.39 is 11.9 Å². The van der Waals surface area contributed by atoms with Gasteiger partial charge >= 0.3 is 0 Å². The first-order chi connectivity index (χ1) is 11.6. The molecule has 2 aromatic rings. The van der Waals surface area contributed by atoms with Crippen LogP contribution in [0.5, 0.6) is 5.75 Å². The summed E-state index contributed by atoms with van der Waals surface area (Å²) in [6.45, 7) is 4.19. The average molecular weight is 326 g/mol. The Bertz CT molecular complexity index is 664. The molecule has 1 aliphatic rings. The Morgan fingerprint density at radius 3 is 2.38 bits per heavy atom. The standard InChI is InChI=1S/C20H22O4/c1-20(2)23-18(19(13-21)24-20)12-15-8-10-17(11-9-15)22-14-16-6-4-3-5-7-16/h3-11,13,18-19H,12,14H2,1-2H3/t18-,19?/m0/s1. The first-order valence-electron chi connectivity index (χ1n) is 8.12. The van der Waals surface area contributed by atoms with Crippen molar-refractivity contribution in [3.8, 4) is 5.75 Å². The maximum Gasteiger partial charge on any atom is 0.164 e. The molecule has 2 aromatic carbocycles. The molecule has 1 fully saturated rings. The van der Waals surface area contributed by atoms with E-state index in [4.69, 9.17) is 14.2 Å².